The van der Waals surface area contributed by atoms with Gasteiger partial charge in [0.25, 0.3) is 0 Å². The third kappa shape index (κ3) is 3.68. The van der Waals surface area contributed by atoms with E-state index in [9.17, 15) is 0 Å². The summed E-state index contributed by atoms with van der Waals surface area (Å²) in [4.78, 5) is 13.4. The van der Waals surface area contributed by atoms with Crippen LogP contribution in [0.5, 0.6) is 5.88 Å². The van der Waals surface area contributed by atoms with E-state index in [0.29, 0.717) is 5.88 Å². The third-order valence-corrected chi connectivity index (χ3v) is 2.99. The molecule has 0 unspecified atom stereocenters. The summed E-state index contributed by atoms with van der Waals surface area (Å²) in [5.41, 5.74) is 1.72. The van der Waals surface area contributed by atoms with Crippen LogP contribution in [0.3, 0.4) is 0 Å². The fraction of sp³-hybridized carbons (Fsp3) is 0.438. The van der Waals surface area contributed by atoms with E-state index in [2.05, 4.69) is 36.1 Å². The standard InChI is InChI=1S/C16H22N4O/c1-6-17-13-10-12(19-15(20-13)16(2,3)4)11-7-8-18-14(9-11)21-5/h7-10H,6H2,1-5H3,(H,17,19,20). The largest absolute Gasteiger partial charge is 0.481 e. The van der Waals surface area contributed by atoms with E-state index in [0.717, 1.165) is 29.4 Å². The lowest BCUT2D eigenvalue weighted by molar-refractivity contribution is 0.398. The molecule has 2 aromatic rings. The van der Waals surface area contributed by atoms with Gasteiger partial charge >= 0.3 is 0 Å². The maximum atomic E-state index is 5.18. The number of hydrogen-bond donors (Lipinski definition) is 1. The summed E-state index contributed by atoms with van der Waals surface area (Å²) < 4.78 is 5.18. The van der Waals surface area contributed by atoms with Crippen LogP contribution >= 0.6 is 0 Å². The summed E-state index contributed by atoms with van der Waals surface area (Å²) in [7, 11) is 1.61. The van der Waals surface area contributed by atoms with E-state index in [1.165, 1.54) is 0 Å². The van der Waals surface area contributed by atoms with Gasteiger partial charge in [-0.05, 0) is 13.0 Å². The summed E-state index contributed by atoms with van der Waals surface area (Å²) in [5.74, 6) is 2.23. The van der Waals surface area contributed by atoms with Crippen LogP contribution in [-0.2, 0) is 5.41 Å². The lowest BCUT2D eigenvalue weighted by atomic mass is 9.95. The third-order valence-electron chi connectivity index (χ3n) is 2.99. The molecule has 0 atom stereocenters. The molecule has 0 fully saturated rings. The number of methoxy groups -OCH3 is 1. The second-order valence-corrected chi connectivity index (χ2v) is 5.83. The topological polar surface area (TPSA) is 59.9 Å². The van der Waals surface area contributed by atoms with Crippen molar-refractivity contribution >= 4 is 5.82 Å². The molecule has 0 spiro atoms. The fourth-order valence-electron chi connectivity index (χ4n) is 1.88. The molecular formula is C16H22N4O. The highest BCUT2D eigenvalue weighted by atomic mass is 16.5. The Hall–Kier alpha value is -2.17. The zero-order chi connectivity index (χ0) is 15.5. The highest BCUT2D eigenvalue weighted by molar-refractivity contribution is 5.63. The van der Waals surface area contributed by atoms with Gasteiger partial charge in [-0.3, -0.25) is 0 Å². The van der Waals surface area contributed by atoms with Crippen LogP contribution in [0.1, 0.15) is 33.5 Å². The van der Waals surface area contributed by atoms with E-state index in [1.807, 2.05) is 25.1 Å². The van der Waals surface area contributed by atoms with Gasteiger partial charge in [-0.25, -0.2) is 15.0 Å². The van der Waals surface area contributed by atoms with E-state index < -0.39 is 0 Å². The Morgan fingerprint density at radius 2 is 1.95 bits per heavy atom. The Morgan fingerprint density at radius 3 is 2.57 bits per heavy atom. The van der Waals surface area contributed by atoms with Crippen LogP contribution in [0.2, 0.25) is 0 Å². The molecule has 0 bridgehead atoms. The van der Waals surface area contributed by atoms with Crippen LogP contribution in [0.4, 0.5) is 5.82 Å². The Kier molecular flexibility index (Phi) is 4.40. The first-order valence-corrected chi connectivity index (χ1v) is 7.08. The van der Waals surface area contributed by atoms with Crippen LogP contribution < -0.4 is 10.1 Å². The van der Waals surface area contributed by atoms with Crippen molar-refractivity contribution in [2.45, 2.75) is 33.1 Å². The van der Waals surface area contributed by atoms with E-state index in [4.69, 9.17) is 9.72 Å². The Bertz CT molecular complexity index is 620. The smallest absolute Gasteiger partial charge is 0.213 e. The number of rotatable bonds is 4. The maximum absolute atomic E-state index is 5.18. The summed E-state index contributed by atoms with van der Waals surface area (Å²) in [6, 6.07) is 5.75. The van der Waals surface area contributed by atoms with Crippen LogP contribution in [-0.4, -0.2) is 28.6 Å². The van der Waals surface area contributed by atoms with Crippen LogP contribution in [0.25, 0.3) is 11.3 Å². The predicted molar refractivity (Wildman–Crippen MR) is 84.7 cm³/mol. The lowest BCUT2D eigenvalue weighted by Gasteiger charge is -2.19. The van der Waals surface area contributed by atoms with Crippen molar-refractivity contribution in [2.24, 2.45) is 0 Å². The second kappa shape index (κ2) is 6.08. The first-order chi connectivity index (χ1) is 9.94. The predicted octanol–water partition coefficient (Wildman–Crippen LogP) is 3.28. The quantitative estimate of drug-likeness (QED) is 0.934. The zero-order valence-corrected chi connectivity index (χ0v) is 13.3. The monoisotopic (exact) mass is 286 g/mol. The first kappa shape index (κ1) is 15.2. The number of nitrogens with one attached hydrogen (secondary N) is 1. The summed E-state index contributed by atoms with van der Waals surface area (Å²) in [5, 5.41) is 3.26. The van der Waals surface area contributed by atoms with Crippen LogP contribution in [0, 0.1) is 0 Å². The molecule has 0 aliphatic heterocycles. The molecule has 5 nitrogen and oxygen atoms in total. The van der Waals surface area contributed by atoms with Crippen molar-refractivity contribution in [1.82, 2.24) is 15.0 Å². The zero-order valence-electron chi connectivity index (χ0n) is 13.3. The Labute approximate surface area is 125 Å². The van der Waals surface area contributed by atoms with Crippen molar-refractivity contribution in [3.8, 4) is 17.1 Å². The molecule has 0 aliphatic rings. The van der Waals surface area contributed by atoms with Gasteiger partial charge in [0.1, 0.15) is 11.6 Å². The SMILES string of the molecule is CCNc1cc(-c2ccnc(OC)c2)nc(C(C)(C)C)n1. The van der Waals surface area contributed by atoms with Gasteiger partial charge < -0.3 is 10.1 Å². The van der Waals surface area contributed by atoms with Gasteiger partial charge in [0.2, 0.25) is 5.88 Å². The number of anilines is 1. The van der Waals surface area contributed by atoms with Crippen LogP contribution in [0.15, 0.2) is 24.4 Å². The summed E-state index contributed by atoms with van der Waals surface area (Å²) in [6.07, 6.45) is 1.72. The van der Waals surface area contributed by atoms with Gasteiger partial charge in [-0.2, -0.15) is 0 Å². The van der Waals surface area contributed by atoms with Crippen molar-refractivity contribution in [1.29, 1.82) is 0 Å². The molecule has 2 heterocycles. The molecule has 0 saturated heterocycles. The van der Waals surface area contributed by atoms with Gasteiger partial charge in [0.05, 0.1) is 12.8 Å². The molecule has 0 amide bonds. The van der Waals surface area contributed by atoms with Crippen molar-refractivity contribution in [2.75, 3.05) is 19.0 Å². The molecule has 1 N–H and O–H groups in total. The number of hydrogen-bond acceptors (Lipinski definition) is 5. The van der Waals surface area contributed by atoms with E-state index >= 15 is 0 Å². The second-order valence-electron chi connectivity index (χ2n) is 5.83. The van der Waals surface area contributed by atoms with Gasteiger partial charge in [0, 0.05) is 35.9 Å². The molecule has 2 rings (SSSR count). The Morgan fingerprint density at radius 1 is 1.19 bits per heavy atom. The summed E-state index contributed by atoms with van der Waals surface area (Å²) >= 11 is 0. The highest BCUT2D eigenvalue weighted by Crippen LogP contribution is 2.26. The van der Waals surface area contributed by atoms with E-state index in [-0.39, 0.29) is 5.41 Å². The number of aromatic nitrogens is 3. The molecule has 0 aromatic carbocycles. The molecular weight excluding hydrogens is 264 g/mol. The van der Waals surface area contributed by atoms with Crippen molar-refractivity contribution in [3.05, 3.63) is 30.2 Å². The van der Waals surface area contributed by atoms with Crippen molar-refractivity contribution < 1.29 is 4.74 Å². The maximum Gasteiger partial charge on any atom is 0.213 e. The minimum atomic E-state index is -0.114. The molecule has 2 aromatic heterocycles. The first-order valence-electron chi connectivity index (χ1n) is 7.08. The minimum Gasteiger partial charge on any atom is -0.481 e. The Balaban J connectivity index is 2.53. The minimum absolute atomic E-state index is 0.114. The number of nitrogens with zero attached hydrogens (tertiary/aromatic N) is 3. The van der Waals surface area contributed by atoms with Gasteiger partial charge in [-0.15, -0.1) is 0 Å². The number of ether oxygens (including phenoxy) is 1. The molecule has 0 radical (unpaired) electrons. The lowest BCUT2D eigenvalue weighted by Crippen LogP contribution is -2.17. The average molecular weight is 286 g/mol. The fourth-order valence-corrected chi connectivity index (χ4v) is 1.88. The van der Waals surface area contributed by atoms with Gasteiger partial charge in [0.15, 0.2) is 0 Å². The average Bonchev–Trinajstić information content (AvgIpc) is 2.46. The molecule has 21 heavy (non-hydrogen) atoms. The molecule has 0 aliphatic carbocycles. The summed E-state index contributed by atoms with van der Waals surface area (Å²) in [6.45, 7) is 9.19. The molecule has 5 heteroatoms. The van der Waals surface area contributed by atoms with Gasteiger partial charge in [-0.1, -0.05) is 20.8 Å². The van der Waals surface area contributed by atoms with E-state index in [1.54, 1.807) is 13.3 Å². The molecule has 0 saturated carbocycles. The molecule has 112 valence electrons. The normalized spacial score (nSPS) is 11.3. The highest BCUT2D eigenvalue weighted by Gasteiger charge is 2.19. The van der Waals surface area contributed by atoms with Crippen molar-refractivity contribution in [3.63, 3.8) is 0 Å². The number of pyridine rings is 1.